The zero-order valence-corrected chi connectivity index (χ0v) is 11.3. The van der Waals surface area contributed by atoms with Gasteiger partial charge in [0.05, 0.1) is 6.61 Å². The molecule has 1 fully saturated rings. The summed E-state index contributed by atoms with van der Waals surface area (Å²) in [5.41, 5.74) is 0.370. The molecule has 0 spiro atoms. The minimum Gasteiger partial charge on any atom is -0.314 e. The highest BCUT2D eigenvalue weighted by molar-refractivity contribution is 7.54. The van der Waals surface area contributed by atoms with Crippen LogP contribution in [0, 0.1) is 5.41 Å². The molecule has 0 bridgehead atoms. The first kappa shape index (κ1) is 13.2. The first-order valence-corrected chi connectivity index (χ1v) is 7.15. The van der Waals surface area contributed by atoms with Crippen LogP contribution in [-0.2, 0) is 9.05 Å². The Kier molecular flexibility index (Phi) is 3.47. The molecule has 0 aliphatic carbocycles. The van der Waals surface area contributed by atoms with Crippen LogP contribution in [0.15, 0.2) is 24.3 Å². The van der Waals surface area contributed by atoms with Crippen molar-refractivity contribution in [2.45, 2.75) is 20.0 Å². The van der Waals surface area contributed by atoms with Gasteiger partial charge in [-0.3, -0.25) is 9.05 Å². The van der Waals surface area contributed by atoms with Gasteiger partial charge in [0.1, 0.15) is 6.10 Å². The molecule has 2 N–H and O–H groups in total. The van der Waals surface area contributed by atoms with E-state index in [-0.39, 0.29) is 12.0 Å². The van der Waals surface area contributed by atoms with Crippen molar-refractivity contribution in [1.29, 1.82) is 0 Å². The molecule has 1 heterocycles. The summed E-state index contributed by atoms with van der Waals surface area (Å²) < 4.78 is 10.2. The van der Waals surface area contributed by atoms with Crippen molar-refractivity contribution in [1.82, 2.24) is 0 Å². The molecule has 6 heteroatoms. The Morgan fingerprint density at radius 3 is 2.65 bits per heavy atom. The van der Waals surface area contributed by atoms with E-state index in [4.69, 9.17) is 20.6 Å². The van der Waals surface area contributed by atoms with Gasteiger partial charge in [-0.25, -0.2) is 0 Å². The van der Waals surface area contributed by atoms with E-state index in [0.29, 0.717) is 5.02 Å². The lowest BCUT2D eigenvalue weighted by Gasteiger charge is -2.43. The summed E-state index contributed by atoms with van der Waals surface area (Å²) in [6.07, 6.45) is -0.492. The number of benzene rings is 1. The fraction of sp³-hybridized carbons (Fsp3) is 0.455. The van der Waals surface area contributed by atoms with E-state index < -0.39 is 14.3 Å². The normalized spacial score (nSPS) is 26.8. The van der Waals surface area contributed by atoms with Gasteiger partial charge in [0.25, 0.3) is 0 Å². The summed E-state index contributed by atoms with van der Waals surface area (Å²) in [7, 11) is -3.72. The predicted octanol–water partition coefficient (Wildman–Crippen LogP) is 3.12. The predicted molar refractivity (Wildman–Crippen MR) is 66.4 cm³/mol. The molecular weight excluding hydrogens is 263 g/mol. The summed E-state index contributed by atoms with van der Waals surface area (Å²) in [5.74, 6) is 0. The first-order chi connectivity index (χ1) is 7.82. The fourth-order valence-electron chi connectivity index (χ4n) is 1.80. The van der Waals surface area contributed by atoms with Crippen LogP contribution < -0.4 is 0 Å². The molecule has 1 unspecified atom stereocenters. The SMILES string of the molecule is CC1(C)CO[P](O)(O)OC1c1ccccc1Cl. The average Bonchev–Trinajstić information content (AvgIpc) is 2.23. The van der Waals surface area contributed by atoms with Crippen molar-refractivity contribution < 1.29 is 18.8 Å². The molecule has 1 saturated heterocycles. The second kappa shape index (κ2) is 4.47. The highest BCUT2D eigenvalue weighted by Crippen LogP contribution is 2.63. The Hall–Kier alpha value is -0.220. The molecule has 1 aliphatic rings. The van der Waals surface area contributed by atoms with E-state index >= 15 is 0 Å². The van der Waals surface area contributed by atoms with E-state index in [2.05, 4.69) is 0 Å². The molecule has 1 aliphatic heterocycles. The number of halogens is 1. The highest BCUT2D eigenvalue weighted by Gasteiger charge is 2.46. The summed E-state index contributed by atoms with van der Waals surface area (Å²) in [4.78, 5) is 19.0. The lowest BCUT2D eigenvalue weighted by molar-refractivity contribution is -0.0632. The molecule has 0 saturated carbocycles. The fourth-order valence-corrected chi connectivity index (χ4v) is 3.27. The number of hydrogen-bond acceptors (Lipinski definition) is 4. The smallest absolute Gasteiger partial charge is 0.314 e. The molecule has 0 aromatic heterocycles. The summed E-state index contributed by atoms with van der Waals surface area (Å²) in [6.45, 7) is 4.07. The van der Waals surface area contributed by atoms with Gasteiger partial charge in [-0.2, -0.15) is 0 Å². The van der Waals surface area contributed by atoms with Gasteiger partial charge < -0.3 is 9.79 Å². The number of rotatable bonds is 1. The minimum absolute atomic E-state index is 0.212. The maximum atomic E-state index is 9.51. The third kappa shape index (κ3) is 2.79. The molecule has 1 aromatic carbocycles. The minimum atomic E-state index is -3.72. The van der Waals surface area contributed by atoms with Crippen molar-refractivity contribution in [2.75, 3.05) is 6.61 Å². The van der Waals surface area contributed by atoms with Crippen LogP contribution in [0.2, 0.25) is 5.02 Å². The van der Waals surface area contributed by atoms with Crippen LogP contribution in [0.3, 0.4) is 0 Å². The van der Waals surface area contributed by atoms with Crippen molar-refractivity contribution in [3.8, 4) is 0 Å². The maximum absolute atomic E-state index is 9.51. The third-order valence-electron chi connectivity index (χ3n) is 2.74. The van der Waals surface area contributed by atoms with Crippen molar-refractivity contribution in [3.05, 3.63) is 34.9 Å². The second-order valence-electron chi connectivity index (χ2n) is 4.76. The maximum Gasteiger partial charge on any atom is 0.375 e. The summed E-state index contributed by atoms with van der Waals surface area (Å²) in [6, 6.07) is 7.23. The monoisotopic (exact) mass is 277 g/mol. The van der Waals surface area contributed by atoms with Crippen LogP contribution in [0.5, 0.6) is 0 Å². The molecule has 0 amide bonds. The van der Waals surface area contributed by atoms with Crippen molar-refractivity contribution in [3.63, 3.8) is 0 Å². The van der Waals surface area contributed by atoms with Crippen LogP contribution in [0.1, 0.15) is 25.5 Å². The zero-order valence-electron chi connectivity index (χ0n) is 9.63. The first-order valence-electron chi connectivity index (χ1n) is 5.24. The molecule has 1 atom stereocenters. The summed E-state index contributed by atoms with van der Waals surface area (Å²) in [5, 5.41) is 0.549. The van der Waals surface area contributed by atoms with Gasteiger partial charge in [0.15, 0.2) is 0 Å². The zero-order chi connectivity index (χ0) is 12.7. The van der Waals surface area contributed by atoms with E-state index in [0.717, 1.165) is 5.56 Å². The molecule has 4 nitrogen and oxygen atoms in total. The third-order valence-corrected chi connectivity index (χ3v) is 4.04. The van der Waals surface area contributed by atoms with Crippen LogP contribution in [0.4, 0.5) is 0 Å². The Morgan fingerprint density at radius 2 is 2.00 bits per heavy atom. The molecular formula is C11H15ClO4P. The quantitative estimate of drug-likeness (QED) is 0.775. The average molecular weight is 278 g/mol. The van der Waals surface area contributed by atoms with Gasteiger partial charge in [-0.15, -0.1) is 0 Å². The van der Waals surface area contributed by atoms with E-state index in [1.165, 1.54) is 0 Å². The van der Waals surface area contributed by atoms with E-state index in [1.54, 1.807) is 6.07 Å². The highest BCUT2D eigenvalue weighted by atomic mass is 35.5. The van der Waals surface area contributed by atoms with E-state index in [1.807, 2.05) is 32.0 Å². The van der Waals surface area contributed by atoms with Gasteiger partial charge in [0.2, 0.25) is 0 Å². The second-order valence-corrected chi connectivity index (χ2v) is 6.62. The molecule has 95 valence electrons. The Balaban J connectivity index is 2.38. The molecule has 1 radical (unpaired) electrons. The standard InChI is InChI=1S/C11H15ClO4P/c1-11(2)7-15-17(13,14)16-10(11)8-5-3-4-6-9(8)12/h3-6,10,13-14H,7H2,1-2H3. The molecule has 17 heavy (non-hydrogen) atoms. The van der Waals surface area contributed by atoms with Gasteiger partial charge in [-0.05, 0) is 6.07 Å². The summed E-state index contributed by atoms with van der Waals surface area (Å²) >= 11 is 6.11. The Labute approximate surface area is 106 Å². The Bertz CT molecular complexity index is 422. The molecule has 2 rings (SSSR count). The van der Waals surface area contributed by atoms with Crippen LogP contribution in [0.25, 0.3) is 0 Å². The molecule has 1 aromatic rings. The van der Waals surface area contributed by atoms with E-state index in [9.17, 15) is 9.79 Å². The number of hydrogen-bond donors (Lipinski definition) is 2. The lowest BCUT2D eigenvalue weighted by atomic mass is 9.83. The van der Waals surface area contributed by atoms with Crippen molar-refractivity contribution in [2.24, 2.45) is 5.41 Å². The van der Waals surface area contributed by atoms with Gasteiger partial charge in [-0.1, -0.05) is 43.6 Å². The van der Waals surface area contributed by atoms with Gasteiger partial charge >= 0.3 is 8.17 Å². The topological polar surface area (TPSA) is 58.9 Å². The van der Waals surface area contributed by atoms with Crippen LogP contribution >= 0.6 is 19.8 Å². The Morgan fingerprint density at radius 1 is 1.35 bits per heavy atom. The van der Waals surface area contributed by atoms with Crippen molar-refractivity contribution >= 4 is 19.8 Å². The van der Waals surface area contributed by atoms with Gasteiger partial charge in [0, 0.05) is 16.0 Å². The largest absolute Gasteiger partial charge is 0.375 e. The van der Waals surface area contributed by atoms with Crippen LogP contribution in [-0.4, -0.2) is 16.4 Å². The lowest BCUT2D eigenvalue weighted by Crippen LogP contribution is -2.34.